The average molecular weight is 417 g/mol. The number of anilines is 1. The van der Waals surface area contributed by atoms with E-state index in [2.05, 4.69) is 5.32 Å². The second-order valence-corrected chi connectivity index (χ2v) is 9.57. The zero-order chi connectivity index (χ0) is 21.6. The molecule has 158 valence electrons. The number of hydrogen-bond acceptors (Lipinski definition) is 3. The van der Waals surface area contributed by atoms with Gasteiger partial charge in [0.2, 0.25) is 15.9 Å². The molecule has 0 saturated carbocycles. The Morgan fingerprint density at radius 3 is 2.24 bits per heavy atom. The Labute approximate surface area is 175 Å². The van der Waals surface area contributed by atoms with Crippen LogP contribution in [-0.2, 0) is 14.8 Å². The van der Waals surface area contributed by atoms with Crippen LogP contribution in [0, 0.1) is 20.8 Å². The monoisotopic (exact) mass is 416 g/mol. The van der Waals surface area contributed by atoms with E-state index < -0.39 is 10.0 Å². The highest BCUT2D eigenvalue weighted by Crippen LogP contribution is 2.24. The lowest BCUT2D eigenvalue weighted by molar-refractivity contribution is -0.121. The summed E-state index contributed by atoms with van der Waals surface area (Å²) in [6.45, 7) is 8.18. The molecule has 2 rings (SSSR count). The molecule has 0 bridgehead atoms. The van der Waals surface area contributed by atoms with Crippen LogP contribution in [-0.4, -0.2) is 27.1 Å². The van der Waals surface area contributed by atoms with Crippen molar-refractivity contribution in [2.75, 3.05) is 17.1 Å². The Bertz CT molecular complexity index is 937. The van der Waals surface area contributed by atoms with E-state index in [0.717, 1.165) is 23.1 Å². The molecule has 0 saturated heterocycles. The SMILES string of the molecule is CC[C@H](NC(=O)CCCN(c1cc(C)ccc1C)S(C)(=O)=O)c1ccc(C)cc1. The van der Waals surface area contributed by atoms with Crippen LogP contribution in [0.25, 0.3) is 0 Å². The van der Waals surface area contributed by atoms with Crippen molar-refractivity contribution < 1.29 is 13.2 Å². The predicted molar refractivity (Wildman–Crippen MR) is 120 cm³/mol. The third kappa shape index (κ3) is 6.60. The normalized spacial score (nSPS) is 12.4. The van der Waals surface area contributed by atoms with Gasteiger partial charge in [0.05, 0.1) is 18.0 Å². The predicted octanol–water partition coefficient (Wildman–Crippen LogP) is 4.43. The fourth-order valence-corrected chi connectivity index (χ4v) is 4.34. The fraction of sp³-hybridized carbons (Fsp3) is 0.435. The number of sulfonamides is 1. The van der Waals surface area contributed by atoms with E-state index in [1.165, 1.54) is 16.1 Å². The van der Waals surface area contributed by atoms with Crippen LogP contribution in [0.1, 0.15) is 54.5 Å². The molecule has 0 aliphatic rings. The molecule has 0 aliphatic carbocycles. The van der Waals surface area contributed by atoms with E-state index in [1.54, 1.807) is 0 Å². The van der Waals surface area contributed by atoms with Crippen molar-refractivity contribution >= 4 is 21.6 Å². The van der Waals surface area contributed by atoms with Crippen molar-refractivity contribution in [3.63, 3.8) is 0 Å². The zero-order valence-corrected chi connectivity index (χ0v) is 18.8. The Kier molecular flexibility index (Phi) is 7.85. The van der Waals surface area contributed by atoms with E-state index in [4.69, 9.17) is 0 Å². The second kappa shape index (κ2) is 9.92. The Balaban J connectivity index is 2.00. The number of rotatable bonds is 9. The lowest BCUT2D eigenvalue weighted by atomic mass is 10.0. The lowest BCUT2D eigenvalue weighted by Crippen LogP contribution is -2.33. The Morgan fingerprint density at radius 2 is 1.66 bits per heavy atom. The van der Waals surface area contributed by atoms with Crippen LogP contribution in [0.5, 0.6) is 0 Å². The molecule has 2 aromatic carbocycles. The molecular weight excluding hydrogens is 384 g/mol. The van der Waals surface area contributed by atoms with Gasteiger partial charge >= 0.3 is 0 Å². The van der Waals surface area contributed by atoms with Gasteiger partial charge in [0.15, 0.2) is 0 Å². The standard InChI is InChI=1S/C23H32N2O3S/c1-6-21(20-13-10-17(2)11-14-20)24-23(26)8-7-15-25(29(5,27)28)22-16-18(3)9-12-19(22)4/h9-14,16,21H,6-8,15H2,1-5H3,(H,24,26)/t21-/m0/s1. The van der Waals surface area contributed by atoms with Crippen LogP contribution in [0.2, 0.25) is 0 Å². The van der Waals surface area contributed by atoms with E-state index in [-0.39, 0.29) is 24.9 Å². The number of nitrogens with zero attached hydrogens (tertiary/aromatic N) is 1. The van der Waals surface area contributed by atoms with Gasteiger partial charge in [-0.1, -0.05) is 48.9 Å². The third-order valence-corrected chi connectivity index (χ3v) is 6.20. The first-order valence-electron chi connectivity index (χ1n) is 10.0. The maximum atomic E-state index is 12.5. The summed E-state index contributed by atoms with van der Waals surface area (Å²) in [5.74, 6) is -0.0631. The minimum Gasteiger partial charge on any atom is -0.349 e. The molecule has 1 amide bonds. The maximum Gasteiger partial charge on any atom is 0.232 e. The maximum absolute atomic E-state index is 12.5. The van der Waals surface area contributed by atoms with Gasteiger partial charge in [-0.05, 0) is 56.4 Å². The summed E-state index contributed by atoms with van der Waals surface area (Å²) >= 11 is 0. The van der Waals surface area contributed by atoms with Crippen molar-refractivity contribution in [3.05, 3.63) is 64.7 Å². The molecule has 0 unspecified atom stereocenters. The lowest BCUT2D eigenvalue weighted by Gasteiger charge is -2.25. The minimum atomic E-state index is -3.43. The number of carbonyl (C=O) groups excluding carboxylic acids is 1. The van der Waals surface area contributed by atoms with Crippen LogP contribution in [0.4, 0.5) is 5.69 Å². The fourth-order valence-electron chi connectivity index (χ4n) is 3.32. The highest BCUT2D eigenvalue weighted by atomic mass is 32.2. The summed E-state index contributed by atoms with van der Waals surface area (Å²) in [5, 5.41) is 3.07. The molecule has 2 aromatic rings. The molecule has 29 heavy (non-hydrogen) atoms. The largest absolute Gasteiger partial charge is 0.349 e. The molecule has 6 heteroatoms. The highest BCUT2D eigenvalue weighted by molar-refractivity contribution is 7.92. The van der Waals surface area contributed by atoms with Crippen LogP contribution < -0.4 is 9.62 Å². The molecule has 0 aliphatic heterocycles. The van der Waals surface area contributed by atoms with E-state index >= 15 is 0 Å². The van der Waals surface area contributed by atoms with Crippen LogP contribution >= 0.6 is 0 Å². The molecule has 0 fully saturated rings. The summed E-state index contributed by atoms with van der Waals surface area (Å²) in [4.78, 5) is 12.5. The number of aryl methyl sites for hydroxylation is 3. The number of hydrogen-bond donors (Lipinski definition) is 1. The molecule has 5 nitrogen and oxygen atoms in total. The van der Waals surface area contributed by atoms with E-state index in [0.29, 0.717) is 12.1 Å². The van der Waals surface area contributed by atoms with Crippen molar-refractivity contribution in [1.82, 2.24) is 5.32 Å². The van der Waals surface area contributed by atoms with Gasteiger partial charge in [-0.3, -0.25) is 9.10 Å². The molecule has 1 atom stereocenters. The van der Waals surface area contributed by atoms with E-state index in [1.807, 2.05) is 70.2 Å². The first-order valence-corrected chi connectivity index (χ1v) is 11.9. The zero-order valence-electron chi connectivity index (χ0n) is 18.0. The number of amides is 1. The van der Waals surface area contributed by atoms with Crippen LogP contribution in [0.15, 0.2) is 42.5 Å². The summed E-state index contributed by atoms with van der Waals surface area (Å²) in [5.41, 5.74) is 4.85. The molecular formula is C23H32N2O3S. The Morgan fingerprint density at radius 1 is 1.03 bits per heavy atom. The van der Waals surface area contributed by atoms with E-state index in [9.17, 15) is 13.2 Å². The minimum absolute atomic E-state index is 0.0341. The highest BCUT2D eigenvalue weighted by Gasteiger charge is 2.20. The quantitative estimate of drug-likeness (QED) is 0.658. The number of benzene rings is 2. The van der Waals surface area contributed by atoms with Crippen molar-refractivity contribution in [2.24, 2.45) is 0 Å². The first kappa shape index (κ1) is 22.9. The first-order chi connectivity index (χ1) is 13.6. The molecule has 0 spiro atoms. The molecule has 1 N–H and O–H groups in total. The van der Waals surface area contributed by atoms with Gasteiger partial charge in [-0.2, -0.15) is 0 Å². The summed E-state index contributed by atoms with van der Waals surface area (Å²) in [7, 11) is -3.43. The van der Waals surface area contributed by atoms with Gasteiger partial charge in [-0.15, -0.1) is 0 Å². The smallest absolute Gasteiger partial charge is 0.232 e. The van der Waals surface area contributed by atoms with Crippen molar-refractivity contribution in [3.8, 4) is 0 Å². The topological polar surface area (TPSA) is 66.5 Å². The third-order valence-electron chi connectivity index (χ3n) is 5.02. The number of carbonyl (C=O) groups is 1. The molecule has 0 heterocycles. The van der Waals surface area contributed by atoms with Crippen LogP contribution in [0.3, 0.4) is 0 Å². The summed E-state index contributed by atoms with van der Waals surface area (Å²) < 4.78 is 26.1. The van der Waals surface area contributed by atoms with Crippen molar-refractivity contribution in [1.29, 1.82) is 0 Å². The Hall–Kier alpha value is -2.34. The summed E-state index contributed by atoms with van der Waals surface area (Å²) in [6.07, 6.45) is 2.74. The van der Waals surface area contributed by atoms with Gasteiger partial charge in [0, 0.05) is 13.0 Å². The van der Waals surface area contributed by atoms with Gasteiger partial charge in [-0.25, -0.2) is 8.42 Å². The van der Waals surface area contributed by atoms with Gasteiger partial charge in [0.25, 0.3) is 0 Å². The van der Waals surface area contributed by atoms with Gasteiger partial charge in [0.1, 0.15) is 0 Å². The van der Waals surface area contributed by atoms with Gasteiger partial charge < -0.3 is 5.32 Å². The molecule has 0 radical (unpaired) electrons. The summed E-state index contributed by atoms with van der Waals surface area (Å²) in [6, 6.07) is 13.9. The number of nitrogens with one attached hydrogen (secondary N) is 1. The second-order valence-electron chi connectivity index (χ2n) is 7.67. The molecule has 0 aromatic heterocycles. The van der Waals surface area contributed by atoms with Crippen molar-refractivity contribution in [2.45, 2.75) is 53.0 Å². The average Bonchev–Trinajstić information content (AvgIpc) is 2.65.